The lowest BCUT2D eigenvalue weighted by molar-refractivity contribution is -0.120. The molecule has 0 aromatic heterocycles. The molecule has 0 bridgehead atoms. The van der Waals surface area contributed by atoms with Gasteiger partial charge in [-0.15, -0.1) is 0 Å². The largest absolute Gasteiger partial charge is 0.379 e. The van der Waals surface area contributed by atoms with Gasteiger partial charge in [0.25, 0.3) is 10.0 Å². The Morgan fingerprint density at radius 1 is 1.00 bits per heavy atom. The topological polar surface area (TPSA) is 79.0 Å². The summed E-state index contributed by atoms with van der Waals surface area (Å²) in [6.45, 7) is 8.40. The number of aryl methyl sites for hydroxylation is 2. The number of rotatable bonds is 9. The molecule has 2 aromatic carbocycles. The van der Waals surface area contributed by atoms with Crippen LogP contribution in [0.3, 0.4) is 0 Å². The fraction of sp³-hybridized carbons (Fsp3) is 0.435. The zero-order valence-electron chi connectivity index (χ0n) is 18.2. The molecular weight excluding hydrogens is 414 g/mol. The lowest BCUT2D eigenvalue weighted by atomic mass is 10.2. The van der Waals surface area contributed by atoms with Crippen LogP contribution in [0, 0.1) is 13.8 Å². The van der Waals surface area contributed by atoms with Gasteiger partial charge < -0.3 is 10.1 Å². The first kappa shape index (κ1) is 23.2. The summed E-state index contributed by atoms with van der Waals surface area (Å²) in [6, 6.07) is 14.1. The lowest BCUT2D eigenvalue weighted by Gasteiger charge is -2.27. The van der Waals surface area contributed by atoms with Gasteiger partial charge in [-0.3, -0.25) is 14.0 Å². The maximum Gasteiger partial charge on any atom is 0.264 e. The Kier molecular flexibility index (Phi) is 8.06. The van der Waals surface area contributed by atoms with E-state index in [-0.39, 0.29) is 23.8 Å². The molecule has 1 N–H and O–H groups in total. The van der Waals surface area contributed by atoms with Gasteiger partial charge in [0, 0.05) is 39.1 Å². The molecule has 7 nitrogen and oxygen atoms in total. The number of hydrogen-bond acceptors (Lipinski definition) is 5. The highest BCUT2D eigenvalue weighted by Gasteiger charge is 2.25. The van der Waals surface area contributed by atoms with Crippen molar-refractivity contribution in [1.29, 1.82) is 0 Å². The van der Waals surface area contributed by atoms with E-state index < -0.39 is 10.0 Å². The van der Waals surface area contributed by atoms with Crippen LogP contribution in [0.2, 0.25) is 0 Å². The Morgan fingerprint density at radius 2 is 1.58 bits per heavy atom. The highest BCUT2D eigenvalue weighted by atomic mass is 32.2. The molecule has 31 heavy (non-hydrogen) atoms. The van der Waals surface area contributed by atoms with Crippen LogP contribution in [-0.2, 0) is 19.6 Å². The van der Waals surface area contributed by atoms with Crippen molar-refractivity contribution in [3.63, 3.8) is 0 Å². The number of benzene rings is 2. The highest BCUT2D eigenvalue weighted by Crippen LogP contribution is 2.24. The molecule has 2 aromatic rings. The SMILES string of the molecule is Cc1ccc(N(CCC(=O)NCCN2CCOCC2)S(=O)(=O)c2ccc(C)cc2)cc1. The van der Waals surface area contributed by atoms with Crippen LogP contribution in [0.1, 0.15) is 17.5 Å². The van der Waals surface area contributed by atoms with E-state index in [0.29, 0.717) is 12.2 Å². The van der Waals surface area contributed by atoms with Crippen molar-refractivity contribution in [3.8, 4) is 0 Å². The molecule has 1 aliphatic heterocycles. The van der Waals surface area contributed by atoms with Gasteiger partial charge in [0.15, 0.2) is 0 Å². The number of carbonyl (C=O) groups is 1. The molecule has 0 saturated carbocycles. The lowest BCUT2D eigenvalue weighted by Crippen LogP contribution is -2.42. The van der Waals surface area contributed by atoms with E-state index in [9.17, 15) is 13.2 Å². The fourth-order valence-electron chi connectivity index (χ4n) is 3.41. The number of sulfonamides is 1. The van der Waals surface area contributed by atoms with Gasteiger partial charge in [-0.2, -0.15) is 0 Å². The summed E-state index contributed by atoms with van der Waals surface area (Å²) < 4.78 is 33.3. The first-order valence-electron chi connectivity index (χ1n) is 10.6. The van der Waals surface area contributed by atoms with Crippen molar-refractivity contribution in [2.75, 3.05) is 50.2 Å². The molecule has 1 amide bonds. The van der Waals surface area contributed by atoms with E-state index in [2.05, 4.69) is 10.2 Å². The minimum absolute atomic E-state index is 0.0721. The number of ether oxygens (including phenoxy) is 1. The molecule has 0 spiro atoms. The molecule has 0 radical (unpaired) electrons. The van der Waals surface area contributed by atoms with E-state index in [1.807, 2.05) is 26.0 Å². The van der Waals surface area contributed by atoms with Crippen molar-refractivity contribution >= 4 is 21.6 Å². The first-order valence-corrected chi connectivity index (χ1v) is 12.0. The molecule has 1 fully saturated rings. The van der Waals surface area contributed by atoms with E-state index >= 15 is 0 Å². The van der Waals surface area contributed by atoms with E-state index in [1.54, 1.807) is 36.4 Å². The van der Waals surface area contributed by atoms with Crippen molar-refractivity contribution in [2.45, 2.75) is 25.2 Å². The molecule has 3 rings (SSSR count). The number of carbonyl (C=O) groups excluding carboxylic acids is 1. The third-order valence-corrected chi connectivity index (χ3v) is 7.17. The second-order valence-electron chi connectivity index (χ2n) is 7.78. The number of morpholine rings is 1. The van der Waals surface area contributed by atoms with Crippen molar-refractivity contribution in [3.05, 3.63) is 59.7 Å². The second-order valence-corrected chi connectivity index (χ2v) is 9.64. The normalized spacial score (nSPS) is 14.9. The van der Waals surface area contributed by atoms with Crippen molar-refractivity contribution < 1.29 is 17.9 Å². The van der Waals surface area contributed by atoms with Gasteiger partial charge in [0.1, 0.15) is 0 Å². The summed E-state index contributed by atoms with van der Waals surface area (Å²) in [5.41, 5.74) is 2.57. The molecule has 0 aliphatic carbocycles. The minimum atomic E-state index is -3.79. The van der Waals surface area contributed by atoms with Crippen LogP contribution in [0.25, 0.3) is 0 Å². The molecular formula is C23H31N3O4S. The molecule has 1 aliphatic rings. The van der Waals surface area contributed by atoms with E-state index in [4.69, 9.17) is 4.74 Å². The van der Waals surface area contributed by atoms with Gasteiger partial charge in [-0.25, -0.2) is 8.42 Å². The maximum absolute atomic E-state index is 13.3. The Balaban J connectivity index is 1.66. The van der Waals surface area contributed by atoms with Gasteiger partial charge >= 0.3 is 0 Å². The Labute approximate surface area is 185 Å². The van der Waals surface area contributed by atoms with Gasteiger partial charge in [-0.05, 0) is 38.1 Å². The number of anilines is 1. The summed E-state index contributed by atoms with van der Waals surface area (Å²) in [4.78, 5) is 14.9. The molecule has 8 heteroatoms. The molecule has 0 unspecified atom stereocenters. The average Bonchev–Trinajstić information content (AvgIpc) is 2.76. The summed E-state index contributed by atoms with van der Waals surface area (Å²) in [7, 11) is -3.79. The zero-order chi connectivity index (χ0) is 22.3. The van der Waals surface area contributed by atoms with Gasteiger partial charge in [0.05, 0.1) is 23.8 Å². The van der Waals surface area contributed by atoms with Crippen molar-refractivity contribution in [1.82, 2.24) is 10.2 Å². The van der Waals surface area contributed by atoms with Crippen LogP contribution in [0.5, 0.6) is 0 Å². The zero-order valence-corrected chi connectivity index (χ0v) is 19.0. The predicted octanol–water partition coefficient (Wildman–Crippen LogP) is 2.34. The van der Waals surface area contributed by atoms with E-state index in [0.717, 1.165) is 44.0 Å². The maximum atomic E-state index is 13.3. The minimum Gasteiger partial charge on any atom is -0.379 e. The molecule has 1 saturated heterocycles. The fourth-order valence-corrected chi connectivity index (χ4v) is 4.87. The first-order chi connectivity index (χ1) is 14.9. The Bertz CT molecular complexity index is 953. The Hall–Kier alpha value is -2.42. The monoisotopic (exact) mass is 445 g/mol. The smallest absolute Gasteiger partial charge is 0.264 e. The van der Waals surface area contributed by atoms with Crippen LogP contribution >= 0.6 is 0 Å². The highest BCUT2D eigenvalue weighted by molar-refractivity contribution is 7.92. The van der Waals surface area contributed by atoms with Crippen LogP contribution < -0.4 is 9.62 Å². The Morgan fingerprint density at radius 3 is 2.19 bits per heavy atom. The predicted molar refractivity (Wildman–Crippen MR) is 122 cm³/mol. The summed E-state index contributed by atoms with van der Waals surface area (Å²) in [6.07, 6.45) is 0.0854. The summed E-state index contributed by atoms with van der Waals surface area (Å²) in [5, 5.41) is 2.90. The van der Waals surface area contributed by atoms with Crippen LogP contribution in [0.15, 0.2) is 53.4 Å². The van der Waals surface area contributed by atoms with Crippen LogP contribution in [0.4, 0.5) is 5.69 Å². The average molecular weight is 446 g/mol. The second kappa shape index (κ2) is 10.7. The molecule has 168 valence electrons. The van der Waals surface area contributed by atoms with Crippen molar-refractivity contribution in [2.24, 2.45) is 0 Å². The van der Waals surface area contributed by atoms with E-state index in [1.165, 1.54) is 4.31 Å². The summed E-state index contributed by atoms with van der Waals surface area (Å²) in [5.74, 6) is -0.163. The third kappa shape index (κ3) is 6.53. The summed E-state index contributed by atoms with van der Waals surface area (Å²) >= 11 is 0. The third-order valence-electron chi connectivity index (χ3n) is 5.33. The van der Waals surface area contributed by atoms with Gasteiger partial charge in [-0.1, -0.05) is 35.4 Å². The molecule has 1 heterocycles. The van der Waals surface area contributed by atoms with Crippen LogP contribution in [-0.4, -0.2) is 65.2 Å². The molecule has 0 atom stereocenters. The standard InChI is InChI=1S/C23H31N3O4S/c1-19-3-7-21(8-4-19)26(31(28,29)22-9-5-20(2)6-10-22)13-11-23(27)24-12-14-25-15-17-30-18-16-25/h3-10H,11-18H2,1-2H3,(H,24,27). The number of nitrogens with one attached hydrogen (secondary N) is 1. The quantitative estimate of drug-likeness (QED) is 0.641. The van der Waals surface area contributed by atoms with Gasteiger partial charge in [0.2, 0.25) is 5.91 Å². The number of nitrogens with zero attached hydrogens (tertiary/aromatic N) is 2. The number of amides is 1. The number of hydrogen-bond donors (Lipinski definition) is 1.